The normalized spacial score (nSPS) is 18.1. The smallest absolute Gasteiger partial charge is 0.240 e. The zero-order valence-electron chi connectivity index (χ0n) is 10.4. The number of aromatic nitrogens is 1. The van der Waals surface area contributed by atoms with Crippen LogP contribution >= 0.6 is 15.9 Å². The molecule has 1 aliphatic carbocycles. The van der Waals surface area contributed by atoms with Crippen molar-refractivity contribution in [3.63, 3.8) is 0 Å². The molecular formula is C13H17BrN2O2. The highest BCUT2D eigenvalue weighted by Crippen LogP contribution is 2.32. The summed E-state index contributed by atoms with van der Waals surface area (Å²) in [5, 5.41) is 0. The fraction of sp³-hybridized carbons (Fsp3) is 0.538. The van der Waals surface area contributed by atoms with Gasteiger partial charge in [0.15, 0.2) is 0 Å². The Kier molecular flexibility index (Phi) is 3.90. The van der Waals surface area contributed by atoms with Crippen molar-refractivity contribution in [1.29, 1.82) is 0 Å². The number of rotatable bonds is 6. The molecule has 1 atom stereocenters. The number of carbonyl (C=O) groups is 1. The van der Waals surface area contributed by atoms with Gasteiger partial charge in [-0.05, 0) is 31.4 Å². The van der Waals surface area contributed by atoms with Crippen molar-refractivity contribution in [2.75, 3.05) is 6.61 Å². The number of alkyl halides is 1. The highest BCUT2D eigenvalue weighted by molar-refractivity contribution is 9.10. The molecule has 1 heterocycles. The standard InChI is InChI=1S/C13H17BrN2O2/c1-13(14,12(15)17)11-5-4-10(8-16-11)18-7-6-9-2-3-9/h4-5,8-9H,2-3,6-7H2,1H3,(H2,15,17). The van der Waals surface area contributed by atoms with Gasteiger partial charge in [0, 0.05) is 0 Å². The molecule has 1 aromatic heterocycles. The Bertz CT molecular complexity index is 427. The van der Waals surface area contributed by atoms with E-state index in [2.05, 4.69) is 20.9 Å². The molecule has 4 nitrogen and oxygen atoms in total. The Balaban J connectivity index is 1.93. The minimum absolute atomic E-state index is 0.461. The van der Waals surface area contributed by atoms with E-state index in [1.807, 2.05) is 6.07 Å². The van der Waals surface area contributed by atoms with Crippen LogP contribution in [0.5, 0.6) is 5.75 Å². The third kappa shape index (κ3) is 3.22. The first kappa shape index (κ1) is 13.3. The maximum atomic E-state index is 11.3. The summed E-state index contributed by atoms with van der Waals surface area (Å²) < 4.78 is 4.66. The molecule has 1 unspecified atom stereocenters. The van der Waals surface area contributed by atoms with Crippen LogP contribution in [0.25, 0.3) is 0 Å². The van der Waals surface area contributed by atoms with Crippen LogP contribution in [0.2, 0.25) is 0 Å². The topological polar surface area (TPSA) is 65.2 Å². The van der Waals surface area contributed by atoms with Gasteiger partial charge in [-0.15, -0.1) is 0 Å². The first-order chi connectivity index (χ1) is 8.50. The van der Waals surface area contributed by atoms with E-state index in [0.717, 1.165) is 24.7 Å². The number of halogens is 1. The van der Waals surface area contributed by atoms with E-state index in [1.165, 1.54) is 12.8 Å². The van der Waals surface area contributed by atoms with Crippen LogP contribution in [0, 0.1) is 5.92 Å². The molecule has 0 radical (unpaired) electrons. The Morgan fingerprint density at radius 2 is 2.33 bits per heavy atom. The number of carbonyl (C=O) groups excluding carboxylic acids is 1. The summed E-state index contributed by atoms with van der Waals surface area (Å²) >= 11 is 3.28. The van der Waals surface area contributed by atoms with Crippen LogP contribution in [0.1, 0.15) is 31.9 Å². The molecule has 5 heteroatoms. The molecule has 1 saturated carbocycles. The highest BCUT2D eigenvalue weighted by atomic mass is 79.9. The number of nitrogens with zero attached hydrogens (tertiary/aromatic N) is 1. The van der Waals surface area contributed by atoms with Crippen LogP contribution in [-0.2, 0) is 9.12 Å². The number of amides is 1. The molecule has 0 aromatic carbocycles. The molecule has 2 rings (SSSR count). The van der Waals surface area contributed by atoms with Gasteiger partial charge in [0.25, 0.3) is 0 Å². The second-order valence-electron chi connectivity index (χ2n) is 4.83. The molecule has 0 bridgehead atoms. The molecule has 0 aliphatic heterocycles. The molecule has 98 valence electrons. The Morgan fingerprint density at radius 3 is 2.83 bits per heavy atom. The summed E-state index contributed by atoms with van der Waals surface area (Å²) in [7, 11) is 0. The summed E-state index contributed by atoms with van der Waals surface area (Å²) in [6, 6.07) is 3.57. The maximum absolute atomic E-state index is 11.3. The van der Waals surface area contributed by atoms with Crippen LogP contribution in [0.3, 0.4) is 0 Å². The summed E-state index contributed by atoms with van der Waals surface area (Å²) in [6.07, 6.45) is 5.41. The minimum atomic E-state index is -0.931. The number of ether oxygens (including phenoxy) is 1. The minimum Gasteiger partial charge on any atom is -0.492 e. The lowest BCUT2D eigenvalue weighted by molar-refractivity contribution is -0.120. The third-order valence-corrected chi connectivity index (χ3v) is 3.97. The van der Waals surface area contributed by atoms with Crippen molar-refractivity contribution < 1.29 is 9.53 Å². The zero-order chi connectivity index (χ0) is 13.2. The number of hydrogen-bond donors (Lipinski definition) is 1. The van der Waals surface area contributed by atoms with Gasteiger partial charge in [0.2, 0.25) is 5.91 Å². The lowest BCUT2D eigenvalue weighted by Gasteiger charge is -2.17. The first-order valence-electron chi connectivity index (χ1n) is 6.08. The van der Waals surface area contributed by atoms with Crippen LogP contribution in [0.4, 0.5) is 0 Å². The summed E-state index contributed by atoms with van der Waals surface area (Å²) in [5.74, 6) is 1.13. The van der Waals surface area contributed by atoms with E-state index in [-0.39, 0.29) is 0 Å². The summed E-state index contributed by atoms with van der Waals surface area (Å²) in [6.45, 7) is 2.42. The van der Waals surface area contributed by atoms with Gasteiger partial charge < -0.3 is 10.5 Å². The molecule has 1 aliphatic rings. The Labute approximate surface area is 115 Å². The molecule has 0 spiro atoms. The van der Waals surface area contributed by atoms with E-state index in [1.54, 1.807) is 19.2 Å². The highest BCUT2D eigenvalue weighted by Gasteiger charge is 2.31. The van der Waals surface area contributed by atoms with Crippen molar-refractivity contribution in [2.24, 2.45) is 11.7 Å². The summed E-state index contributed by atoms with van der Waals surface area (Å²) in [4.78, 5) is 15.5. The first-order valence-corrected chi connectivity index (χ1v) is 6.87. The second kappa shape index (κ2) is 5.26. The lowest BCUT2D eigenvalue weighted by Crippen LogP contribution is -2.33. The van der Waals surface area contributed by atoms with Crippen LogP contribution < -0.4 is 10.5 Å². The molecule has 2 N–H and O–H groups in total. The fourth-order valence-corrected chi connectivity index (χ4v) is 1.85. The second-order valence-corrected chi connectivity index (χ2v) is 6.41. The van der Waals surface area contributed by atoms with Crippen molar-refractivity contribution >= 4 is 21.8 Å². The average Bonchev–Trinajstić information content (AvgIpc) is 3.13. The third-order valence-electron chi connectivity index (χ3n) is 3.17. The monoisotopic (exact) mass is 312 g/mol. The molecule has 1 fully saturated rings. The number of nitrogens with two attached hydrogens (primary N) is 1. The van der Waals surface area contributed by atoms with Crippen molar-refractivity contribution in [1.82, 2.24) is 4.98 Å². The Morgan fingerprint density at radius 1 is 1.61 bits per heavy atom. The van der Waals surface area contributed by atoms with Gasteiger partial charge in [0.05, 0.1) is 18.5 Å². The van der Waals surface area contributed by atoms with Gasteiger partial charge in [-0.3, -0.25) is 9.78 Å². The zero-order valence-corrected chi connectivity index (χ0v) is 11.9. The predicted octanol–water partition coefficient (Wildman–Crippen LogP) is 2.36. The number of hydrogen-bond acceptors (Lipinski definition) is 3. The van der Waals surface area contributed by atoms with Crippen molar-refractivity contribution in [3.05, 3.63) is 24.0 Å². The van der Waals surface area contributed by atoms with Gasteiger partial charge in [-0.1, -0.05) is 28.8 Å². The van der Waals surface area contributed by atoms with Crippen molar-refractivity contribution in [2.45, 2.75) is 30.5 Å². The van der Waals surface area contributed by atoms with Crippen LogP contribution in [-0.4, -0.2) is 17.5 Å². The largest absolute Gasteiger partial charge is 0.492 e. The average molecular weight is 313 g/mol. The van der Waals surface area contributed by atoms with E-state index in [0.29, 0.717) is 5.69 Å². The van der Waals surface area contributed by atoms with Crippen molar-refractivity contribution in [3.8, 4) is 5.75 Å². The van der Waals surface area contributed by atoms with E-state index in [9.17, 15) is 4.79 Å². The fourth-order valence-electron chi connectivity index (χ4n) is 1.62. The predicted molar refractivity (Wildman–Crippen MR) is 72.5 cm³/mol. The Hall–Kier alpha value is -1.10. The molecular weight excluding hydrogens is 296 g/mol. The molecule has 18 heavy (non-hydrogen) atoms. The molecule has 0 saturated heterocycles. The van der Waals surface area contributed by atoms with Gasteiger partial charge in [-0.2, -0.15) is 0 Å². The van der Waals surface area contributed by atoms with Gasteiger partial charge >= 0.3 is 0 Å². The van der Waals surface area contributed by atoms with E-state index < -0.39 is 10.2 Å². The number of pyridine rings is 1. The van der Waals surface area contributed by atoms with E-state index >= 15 is 0 Å². The van der Waals surface area contributed by atoms with Gasteiger partial charge in [-0.25, -0.2) is 0 Å². The summed E-state index contributed by atoms with van der Waals surface area (Å²) in [5.41, 5.74) is 5.89. The molecule has 1 amide bonds. The van der Waals surface area contributed by atoms with Crippen LogP contribution in [0.15, 0.2) is 18.3 Å². The van der Waals surface area contributed by atoms with Gasteiger partial charge in [0.1, 0.15) is 10.1 Å². The van der Waals surface area contributed by atoms with E-state index in [4.69, 9.17) is 10.5 Å². The SMILES string of the molecule is CC(Br)(C(N)=O)c1ccc(OCCC2CC2)cn1. The molecule has 1 aromatic rings. The quantitative estimate of drug-likeness (QED) is 0.820. The lowest BCUT2D eigenvalue weighted by atomic mass is 10.1. The maximum Gasteiger partial charge on any atom is 0.240 e. The number of primary amides is 1.